The number of nitrogens with zero attached hydrogens (tertiary/aromatic N) is 4. The summed E-state index contributed by atoms with van der Waals surface area (Å²) in [7, 11) is 0. The lowest BCUT2D eigenvalue weighted by Crippen LogP contribution is -2.11. The molecule has 0 aliphatic rings. The second kappa shape index (κ2) is 16.4. The standard InChI is InChI=1S/C26H47N7/c1-3-5-6-7-8-9-10-11-12-13-14-15-16-17-18-19-23-29-20-22(30-23)21(4-2)24-31-25(27)33-26(28)32-24/h20-21H,3-19H2,1-2H3,(H,29,30)(H4,27,28,31,32,33). The van der Waals surface area contributed by atoms with Crippen LogP contribution in [0.5, 0.6) is 0 Å². The van der Waals surface area contributed by atoms with Crippen LogP contribution in [-0.2, 0) is 6.42 Å². The Hall–Kier alpha value is -2.18. The number of anilines is 2. The van der Waals surface area contributed by atoms with Crippen molar-refractivity contribution in [1.29, 1.82) is 0 Å². The van der Waals surface area contributed by atoms with Gasteiger partial charge in [-0.2, -0.15) is 15.0 Å². The van der Waals surface area contributed by atoms with Gasteiger partial charge >= 0.3 is 0 Å². The summed E-state index contributed by atoms with van der Waals surface area (Å²) < 4.78 is 0. The molecule has 0 bridgehead atoms. The Morgan fingerprint density at radius 1 is 0.667 bits per heavy atom. The van der Waals surface area contributed by atoms with Gasteiger partial charge in [0.1, 0.15) is 11.6 Å². The van der Waals surface area contributed by atoms with E-state index in [-0.39, 0.29) is 17.8 Å². The molecule has 1 atom stereocenters. The van der Waals surface area contributed by atoms with Crippen molar-refractivity contribution < 1.29 is 0 Å². The molecule has 0 aliphatic carbocycles. The Labute approximate surface area is 201 Å². The molecule has 7 nitrogen and oxygen atoms in total. The van der Waals surface area contributed by atoms with E-state index in [0.717, 1.165) is 24.4 Å². The Morgan fingerprint density at radius 2 is 1.15 bits per heavy atom. The molecule has 2 rings (SSSR count). The van der Waals surface area contributed by atoms with Crippen LogP contribution in [0.25, 0.3) is 0 Å². The van der Waals surface area contributed by atoms with Gasteiger partial charge in [-0.1, -0.05) is 104 Å². The average molecular weight is 458 g/mol. The van der Waals surface area contributed by atoms with Gasteiger partial charge in [-0.3, -0.25) is 0 Å². The van der Waals surface area contributed by atoms with E-state index in [1.54, 1.807) is 0 Å². The van der Waals surface area contributed by atoms with Crippen LogP contribution in [0.3, 0.4) is 0 Å². The number of unbranched alkanes of at least 4 members (excludes halogenated alkanes) is 14. The van der Waals surface area contributed by atoms with Crippen LogP contribution in [0.15, 0.2) is 6.20 Å². The maximum absolute atomic E-state index is 5.74. The molecule has 2 aromatic heterocycles. The summed E-state index contributed by atoms with van der Waals surface area (Å²) in [6.07, 6.45) is 24.5. The van der Waals surface area contributed by atoms with E-state index in [4.69, 9.17) is 16.5 Å². The molecule has 0 spiro atoms. The minimum absolute atomic E-state index is 0.0244. The van der Waals surface area contributed by atoms with E-state index in [1.165, 1.54) is 96.3 Å². The summed E-state index contributed by atoms with van der Waals surface area (Å²) in [5.41, 5.74) is 12.4. The SMILES string of the molecule is CCCCCCCCCCCCCCCCCc1nc(C(CC)c2nc(N)nc(N)n2)c[nH]1. The van der Waals surface area contributed by atoms with E-state index < -0.39 is 0 Å². The molecular formula is C26H47N7. The first kappa shape index (κ1) is 27.1. The van der Waals surface area contributed by atoms with Crippen molar-refractivity contribution in [2.24, 2.45) is 0 Å². The number of aromatic nitrogens is 5. The number of aromatic amines is 1. The van der Waals surface area contributed by atoms with Gasteiger partial charge < -0.3 is 16.5 Å². The van der Waals surface area contributed by atoms with E-state index >= 15 is 0 Å². The van der Waals surface area contributed by atoms with Gasteiger partial charge in [0, 0.05) is 12.6 Å². The maximum Gasteiger partial charge on any atom is 0.225 e. The molecule has 0 amide bonds. The van der Waals surface area contributed by atoms with Crippen molar-refractivity contribution in [1.82, 2.24) is 24.9 Å². The molecule has 33 heavy (non-hydrogen) atoms. The zero-order chi connectivity index (χ0) is 23.7. The number of imidazole rings is 1. The molecule has 7 heteroatoms. The third-order valence-electron chi connectivity index (χ3n) is 6.43. The summed E-state index contributed by atoms with van der Waals surface area (Å²) in [5.74, 6) is 1.92. The quantitative estimate of drug-likeness (QED) is 0.201. The molecule has 0 radical (unpaired) electrons. The molecule has 1 unspecified atom stereocenters. The van der Waals surface area contributed by atoms with Gasteiger partial charge in [-0.25, -0.2) is 4.98 Å². The molecule has 0 aromatic carbocycles. The van der Waals surface area contributed by atoms with Crippen LogP contribution in [0, 0.1) is 0 Å². The summed E-state index contributed by atoms with van der Waals surface area (Å²) in [6.45, 7) is 4.37. The third kappa shape index (κ3) is 11.0. The first-order valence-corrected chi connectivity index (χ1v) is 13.4. The minimum Gasteiger partial charge on any atom is -0.368 e. The van der Waals surface area contributed by atoms with Crippen molar-refractivity contribution >= 4 is 11.9 Å². The number of H-pyrrole nitrogens is 1. The lowest BCUT2D eigenvalue weighted by Gasteiger charge is -2.11. The Balaban J connectivity index is 1.52. The highest BCUT2D eigenvalue weighted by Crippen LogP contribution is 2.25. The van der Waals surface area contributed by atoms with Crippen molar-refractivity contribution in [3.8, 4) is 0 Å². The highest BCUT2D eigenvalue weighted by molar-refractivity contribution is 5.29. The van der Waals surface area contributed by atoms with Crippen molar-refractivity contribution in [2.75, 3.05) is 11.5 Å². The van der Waals surface area contributed by atoms with Crippen molar-refractivity contribution in [3.05, 3.63) is 23.5 Å². The summed E-state index contributed by atoms with van der Waals surface area (Å²) in [5, 5.41) is 0. The number of hydrogen-bond donors (Lipinski definition) is 3. The molecule has 0 saturated heterocycles. The van der Waals surface area contributed by atoms with E-state index in [0.29, 0.717) is 5.82 Å². The third-order valence-corrected chi connectivity index (χ3v) is 6.43. The minimum atomic E-state index is -0.0244. The molecule has 0 saturated carbocycles. The fraction of sp³-hybridized carbons (Fsp3) is 0.769. The van der Waals surface area contributed by atoms with E-state index in [9.17, 15) is 0 Å². The second-order valence-electron chi connectivity index (χ2n) is 9.34. The monoisotopic (exact) mass is 457 g/mol. The smallest absolute Gasteiger partial charge is 0.225 e. The highest BCUT2D eigenvalue weighted by atomic mass is 15.1. The predicted octanol–water partition coefficient (Wildman–Crippen LogP) is 6.71. The number of rotatable bonds is 19. The van der Waals surface area contributed by atoms with E-state index in [2.05, 4.69) is 33.8 Å². The summed E-state index contributed by atoms with van der Waals surface area (Å²) in [4.78, 5) is 20.5. The van der Waals surface area contributed by atoms with Gasteiger partial charge in [-0.15, -0.1) is 0 Å². The fourth-order valence-electron chi connectivity index (χ4n) is 4.45. The normalized spacial score (nSPS) is 12.3. The van der Waals surface area contributed by atoms with Crippen LogP contribution in [-0.4, -0.2) is 24.9 Å². The van der Waals surface area contributed by atoms with Crippen LogP contribution in [0.4, 0.5) is 11.9 Å². The Morgan fingerprint density at radius 3 is 1.64 bits per heavy atom. The van der Waals surface area contributed by atoms with Gasteiger partial charge in [0.15, 0.2) is 0 Å². The lowest BCUT2D eigenvalue weighted by molar-refractivity contribution is 0.531. The Kier molecular flexibility index (Phi) is 13.5. The highest BCUT2D eigenvalue weighted by Gasteiger charge is 2.19. The Bertz CT molecular complexity index is 739. The first-order chi connectivity index (χ1) is 16.1. The molecule has 186 valence electrons. The van der Waals surface area contributed by atoms with E-state index in [1.807, 2.05) is 6.20 Å². The maximum atomic E-state index is 5.74. The first-order valence-electron chi connectivity index (χ1n) is 13.4. The summed E-state index contributed by atoms with van der Waals surface area (Å²) in [6, 6.07) is 0. The number of hydrogen-bond acceptors (Lipinski definition) is 6. The molecule has 2 heterocycles. The fourth-order valence-corrected chi connectivity index (χ4v) is 4.45. The second-order valence-corrected chi connectivity index (χ2v) is 9.34. The van der Waals surface area contributed by atoms with Gasteiger partial charge in [0.25, 0.3) is 0 Å². The number of nitrogens with one attached hydrogen (secondary N) is 1. The zero-order valence-corrected chi connectivity index (χ0v) is 21.1. The molecule has 2 aromatic rings. The van der Waals surface area contributed by atoms with Crippen LogP contribution < -0.4 is 11.5 Å². The largest absolute Gasteiger partial charge is 0.368 e. The molecule has 0 fully saturated rings. The van der Waals surface area contributed by atoms with Crippen molar-refractivity contribution in [3.63, 3.8) is 0 Å². The van der Waals surface area contributed by atoms with Gasteiger partial charge in [0.2, 0.25) is 11.9 Å². The molecule has 0 aliphatic heterocycles. The lowest BCUT2D eigenvalue weighted by atomic mass is 10.0. The summed E-state index contributed by atoms with van der Waals surface area (Å²) >= 11 is 0. The van der Waals surface area contributed by atoms with Gasteiger partial charge in [0.05, 0.1) is 11.6 Å². The predicted molar refractivity (Wildman–Crippen MR) is 138 cm³/mol. The number of nitrogens with two attached hydrogens (primary N) is 2. The van der Waals surface area contributed by atoms with Gasteiger partial charge in [-0.05, 0) is 12.8 Å². The van der Waals surface area contributed by atoms with Crippen LogP contribution >= 0.6 is 0 Å². The zero-order valence-electron chi connectivity index (χ0n) is 21.1. The topological polar surface area (TPSA) is 119 Å². The number of aryl methyl sites for hydroxylation is 1. The molecule has 5 N–H and O–H groups in total. The average Bonchev–Trinajstić information content (AvgIpc) is 3.25. The number of nitrogen functional groups attached to an aromatic ring is 2. The van der Waals surface area contributed by atoms with Crippen molar-refractivity contribution in [2.45, 2.75) is 129 Å². The van der Waals surface area contributed by atoms with Crippen LogP contribution in [0.2, 0.25) is 0 Å². The molecular weight excluding hydrogens is 410 g/mol. The van der Waals surface area contributed by atoms with Crippen LogP contribution in [0.1, 0.15) is 140 Å².